The van der Waals surface area contributed by atoms with Crippen LogP contribution >= 0.6 is 0 Å². The van der Waals surface area contributed by atoms with Gasteiger partial charge in [-0.15, -0.1) is 0 Å². The maximum Gasteiger partial charge on any atom is 0.212 e. The first kappa shape index (κ1) is 21.6. The largest absolute Gasteiger partial charge is 0.356 e. The lowest BCUT2D eigenvalue weighted by Crippen LogP contribution is -2.38. The third-order valence-electron chi connectivity index (χ3n) is 5.96. The minimum atomic E-state index is -3.38. The average molecular weight is 444 g/mol. The Morgan fingerprint density at radius 3 is 2.55 bits per heavy atom. The van der Waals surface area contributed by atoms with Crippen molar-refractivity contribution in [2.75, 3.05) is 17.7 Å². The predicted octanol–water partition coefficient (Wildman–Crippen LogP) is 2.48. The Morgan fingerprint density at radius 2 is 1.84 bits per heavy atom. The number of nitrogens with zero attached hydrogens (tertiary/aromatic N) is 5. The number of aryl methyl sites for hydroxylation is 2. The van der Waals surface area contributed by atoms with Gasteiger partial charge in [0.05, 0.1) is 17.7 Å². The zero-order valence-corrected chi connectivity index (χ0v) is 19.0. The van der Waals surface area contributed by atoms with Crippen LogP contribution in [0.3, 0.4) is 0 Å². The molecular formula is C21H29N7O2S. The van der Waals surface area contributed by atoms with E-state index in [1.54, 1.807) is 6.33 Å². The van der Waals surface area contributed by atoms with Gasteiger partial charge in [-0.25, -0.2) is 33.1 Å². The van der Waals surface area contributed by atoms with Crippen LogP contribution in [0.25, 0.3) is 11.0 Å². The molecule has 0 aromatic carbocycles. The Labute approximate surface area is 182 Å². The molecule has 0 atom stereocenters. The summed E-state index contributed by atoms with van der Waals surface area (Å²) in [6, 6.07) is 4.20. The summed E-state index contributed by atoms with van der Waals surface area (Å²) in [5.74, 6) is 1.72. The average Bonchev–Trinajstić information content (AvgIpc) is 3.20. The molecule has 31 heavy (non-hydrogen) atoms. The van der Waals surface area contributed by atoms with Gasteiger partial charge in [-0.05, 0) is 57.6 Å². The molecule has 0 spiro atoms. The Hall–Kier alpha value is -2.59. The summed E-state index contributed by atoms with van der Waals surface area (Å²) in [4.78, 5) is 22.7. The zero-order chi connectivity index (χ0) is 22.0. The normalized spacial score (nSPS) is 19.6. The lowest BCUT2D eigenvalue weighted by atomic mass is 9.86. The summed E-state index contributed by atoms with van der Waals surface area (Å²) >= 11 is 0. The second-order valence-electron chi connectivity index (χ2n) is 8.39. The Bertz CT molecular complexity index is 1130. The van der Waals surface area contributed by atoms with Gasteiger partial charge < -0.3 is 9.88 Å². The molecule has 0 aliphatic heterocycles. The van der Waals surface area contributed by atoms with Crippen molar-refractivity contribution in [3.05, 3.63) is 41.9 Å². The number of rotatable bonds is 7. The minimum absolute atomic E-state index is 0.128. The molecule has 1 aliphatic carbocycles. The number of fused-ring (bicyclic) bond motifs is 1. The fourth-order valence-corrected chi connectivity index (χ4v) is 5.85. The van der Waals surface area contributed by atoms with Crippen molar-refractivity contribution in [1.29, 1.82) is 0 Å². The third kappa shape index (κ3) is 5.19. The number of sulfonamides is 1. The number of H-pyrrole nitrogens is 1. The van der Waals surface area contributed by atoms with Crippen molar-refractivity contribution in [2.24, 2.45) is 5.92 Å². The van der Waals surface area contributed by atoms with Gasteiger partial charge in [0.1, 0.15) is 23.6 Å². The SMILES string of the molecule is Cc1cc(C)nc(CNS(=O)(=O)C[C@H]2CC[C@H](N(C)c3ncnc4[nH]ccc34)CC2)n1. The van der Waals surface area contributed by atoms with Gasteiger partial charge >= 0.3 is 0 Å². The van der Waals surface area contributed by atoms with Crippen molar-refractivity contribution in [3.8, 4) is 0 Å². The fourth-order valence-electron chi connectivity index (χ4n) is 4.43. The minimum Gasteiger partial charge on any atom is -0.356 e. The van der Waals surface area contributed by atoms with Gasteiger partial charge in [0.15, 0.2) is 0 Å². The quantitative estimate of drug-likeness (QED) is 0.576. The van der Waals surface area contributed by atoms with Crippen molar-refractivity contribution >= 4 is 26.9 Å². The van der Waals surface area contributed by atoms with E-state index in [4.69, 9.17) is 0 Å². The highest BCUT2D eigenvalue weighted by Crippen LogP contribution is 2.31. The van der Waals surface area contributed by atoms with Crippen LogP contribution in [0.2, 0.25) is 0 Å². The number of hydrogen-bond acceptors (Lipinski definition) is 7. The van der Waals surface area contributed by atoms with Gasteiger partial charge in [0.2, 0.25) is 10.0 Å². The molecule has 0 radical (unpaired) electrons. The molecule has 10 heteroatoms. The van der Waals surface area contributed by atoms with Crippen LogP contribution in [-0.2, 0) is 16.6 Å². The molecule has 0 bridgehead atoms. The van der Waals surface area contributed by atoms with E-state index in [1.807, 2.05) is 32.2 Å². The van der Waals surface area contributed by atoms with E-state index in [-0.39, 0.29) is 18.2 Å². The number of hydrogen-bond donors (Lipinski definition) is 2. The molecule has 1 aliphatic rings. The molecule has 0 unspecified atom stereocenters. The van der Waals surface area contributed by atoms with Gasteiger partial charge in [0, 0.05) is 30.7 Å². The van der Waals surface area contributed by atoms with Crippen LogP contribution in [0.5, 0.6) is 0 Å². The molecule has 166 valence electrons. The van der Waals surface area contributed by atoms with Gasteiger partial charge in [-0.1, -0.05) is 0 Å². The molecule has 4 rings (SSSR count). The second-order valence-corrected chi connectivity index (χ2v) is 10.2. The molecule has 9 nitrogen and oxygen atoms in total. The first-order valence-corrected chi connectivity index (χ1v) is 12.3. The number of anilines is 1. The molecule has 3 heterocycles. The lowest BCUT2D eigenvalue weighted by Gasteiger charge is -2.35. The molecule has 2 N–H and O–H groups in total. The summed E-state index contributed by atoms with van der Waals surface area (Å²) in [6.45, 7) is 3.89. The first-order valence-electron chi connectivity index (χ1n) is 10.6. The topological polar surface area (TPSA) is 117 Å². The Kier molecular flexibility index (Phi) is 6.19. The van der Waals surface area contributed by atoms with Gasteiger partial charge in [0.25, 0.3) is 0 Å². The van der Waals surface area contributed by atoms with E-state index in [9.17, 15) is 8.42 Å². The van der Waals surface area contributed by atoms with Crippen LogP contribution in [0.1, 0.15) is 42.9 Å². The number of nitrogens with one attached hydrogen (secondary N) is 2. The Balaban J connectivity index is 1.31. The predicted molar refractivity (Wildman–Crippen MR) is 120 cm³/mol. The van der Waals surface area contributed by atoms with E-state index < -0.39 is 10.0 Å². The molecule has 1 saturated carbocycles. The summed E-state index contributed by atoms with van der Waals surface area (Å²) in [7, 11) is -1.33. The molecular weight excluding hydrogens is 414 g/mol. The molecule has 0 saturated heterocycles. The summed E-state index contributed by atoms with van der Waals surface area (Å²) in [6.07, 6.45) is 7.07. The van der Waals surface area contributed by atoms with E-state index in [2.05, 4.69) is 41.6 Å². The van der Waals surface area contributed by atoms with E-state index in [0.717, 1.165) is 53.9 Å². The van der Waals surface area contributed by atoms with E-state index >= 15 is 0 Å². The molecule has 3 aromatic heterocycles. The van der Waals surface area contributed by atoms with Crippen LogP contribution in [0.15, 0.2) is 24.7 Å². The lowest BCUT2D eigenvalue weighted by molar-refractivity contribution is 0.340. The Morgan fingerprint density at radius 1 is 1.13 bits per heavy atom. The van der Waals surface area contributed by atoms with Crippen LogP contribution in [0.4, 0.5) is 5.82 Å². The number of aromatic nitrogens is 5. The molecule has 0 amide bonds. The maximum absolute atomic E-state index is 12.6. The van der Waals surface area contributed by atoms with Crippen molar-refractivity contribution < 1.29 is 8.42 Å². The fraction of sp³-hybridized carbons (Fsp3) is 0.524. The van der Waals surface area contributed by atoms with Gasteiger partial charge in [-0.2, -0.15) is 0 Å². The maximum atomic E-state index is 12.6. The molecule has 3 aromatic rings. The van der Waals surface area contributed by atoms with E-state index in [0.29, 0.717) is 11.9 Å². The third-order valence-corrected chi connectivity index (χ3v) is 7.46. The standard InChI is InChI=1S/C21H29N7O2S/c1-14-10-15(2)27-19(26-14)11-25-31(29,30)12-16-4-6-17(7-5-16)28(3)21-18-8-9-22-20(18)23-13-24-21/h8-10,13,16-17,25H,4-7,11-12H2,1-3H3,(H,22,23,24)/t16-,17-. The highest BCUT2D eigenvalue weighted by Gasteiger charge is 2.28. The summed E-state index contributed by atoms with van der Waals surface area (Å²) < 4.78 is 27.9. The van der Waals surface area contributed by atoms with E-state index in [1.165, 1.54) is 0 Å². The van der Waals surface area contributed by atoms with Crippen LogP contribution in [-0.4, -0.2) is 52.2 Å². The monoisotopic (exact) mass is 443 g/mol. The summed E-state index contributed by atoms with van der Waals surface area (Å²) in [5, 5.41) is 1.01. The second kappa shape index (κ2) is 8.88. The first-order chi connectivity index (χ1) is 14.8. The van der Waals surface area contributed by atoms with Crippen LogP contribution in [0, 0.1) is 19.8 Å². The number of aromatic amines is 1. The highest BCUT2D eigenvalue weighted by molar-refractivity contribution is 7.89. The smallest absolute Gasteiger partial charge is 0.212 e. The van der Waals surface area contributed by atoms with Crippen molar-refractivity contribution in [1.82, 2.24) is 29.6 Å². The van der Waals surface area contributed by atoms with Gasteiger partial charge in [-0.3, -0.25) is 0 Å². The van der Waals surface area contributed by atoms with Crippen molar-refractivity contribution in [3.63, 3.8) is 0 Å². The summed E-state index contributed by atoms with van der Waals surface area (Å²) in [5.41, 5.74) is 2.50. The van der Waals surface area contributed by atoms with Crippen molar-refractivity contribution in [2.45, 2.75) is 52.1 Å². The zero-order valence-electron chi connectivity index (χ0n) is 18.2. The van der Waals surface area contributed by atoms with Crippen LogP contribution < -0.4 is 9.62 Å². The molecule has 1 fully saturated rings. The highest BCUT2D eigenvalue weighted by atomic mass is 32.2.